The molecule has 0 amide bonds. The second kappa shape index (κ2) is 3.77. The molecule has 0 bridgehead atoms. The summed E-state index contributed by atoms with van der Waals surface area (Å²) in [5, 5.41) is 27.6. The summed E-state index contributed by atoms with van der Waals surface area (Å²) in [5.41, 5.74) is -0.228. The third-order valence-electron chi connectivity index (χ3n) is 1.55. The average molecular weight is 205 g/mol. The van der Waals surface area contributed by atoms with Crippen LogP contribution in [0.3, 0.4) is 0 Å². The van der Waals surface area contributed by atoms with Crippen LogP contribution in [0.5, 0.6) is 0 Å². The number of nitro groups is 1. The van der Waals surface area contributed by atoms with E-state index in [9.17, 15) is 10.1 Å². The zero-order valence-corrected chi connectivity index (χ0v) is 7.65. The first kappa shape index (κ1) is 10.0. The first-order valence-electron chi connectivity index (χ1n) is 3.41. The van der Waals surface area contributed by atoms with Crippen LogP contribution in [0.4, 0.5) is 5.69 Å². The van der Waals surface area contributed by atoms with Crippen LogP contribution in [0.25, 0.3) is 0 Å². The molecule has 0 N–H and O–H groups in total. The zero-order chi connectivity index (χ0) is 10.7. The number of hydrogen-bond acceptors (Lipinski definition) is 5. The van der Waals surface area contributed by atoms with Crippen molar-refractivity contribution in [2.45, 2.75) is 4.90 Å². The number of hydrogen-bond donors (Lipinski definition) is 1. The Hall–Kier alpha value is -2.05. The molecule has 1 rings (SSSR count). The molecule has 6 heteroatoms. The van der Waals surface area contributed by atoms with Gasteiger partial charge in [-0.25, -0.2) is 0 Å². The van der Waals surface area contributed by atoms with Crippen LogP contribution in [-0.2, 0) is 0 Å². The largest absolute Gasteiger partial charge is 0.272 e. The van der Waals surface area contributed by atoms with Crippen molar-refractivity contribution in [2.75, 3.05) is 0 Å². The summed E-state index contributed by atoms with van der Waals surface area (Å²) in [6.07, 6.45) is 0. The first-order valence-corrected chi connectivity index (χ1v) is 3.86. The van der Waals surface area contributed by atoms with Crippen molar-refractivity contribution in [3.8, 4) is 12.1 Å². The number of nitrogens with zero attached hydrogens (tertiary/aromatic N) is 3. The van der Waals surface area contributed by atoms with Crippen LogP contribution in [-0.4, -0.2) is 4.92 Å². The number of benzene rings is 1. The maximum atomic E-state index is 10.4. The fraction of sp³-hybridized carbons (Fsp3) is 0. The summed E-state index contributed by atoms with van der Waals surface area (Å²) in [6.45, 7) is 0. The molecule has 0 aliphatic carbocycles. The normalized spacial score (nSPS) is 8.79. The SMILES string of the molecule is N#Cc1cc([N+](=O)[O-])cc(C#N)c1S. The fourth-order valence-corrected chi connectivity index (χ4v) is 1.12. The summed E-state index contributed by atoms with van der Waals surface area (Å²) in [6, 6.07) is 5.64. The Bertz CT molecular complexity index is 449. The molecule has 0 fully saturated rings. The van der Waals surface area contributed by atoms with Gasteiger partial charge < -0.3 is 0 Å². The molecule has 0 saturated heterocycles. The predicted octanol–water partition coefficient (Wildman–Crippen LogP) is 1.63. The van der Waals surface area contributed by atoms with Crippen LogP contribution in [0.1, 0.15) is 11.1 Å². The Labute approximate surface area is 84.8 Å². The van der Waals surface area contributed by atoms with Crippen LogP contribution >= 0.6 is 12.6 Å². The highest BCUT2D eigenvalue weighted by molar-refractivity contribution is 7.80. The molecule has 0 saturated carbocycles. The van der Waals surface area contributed by atoms with E-state index in [-0.39, 0.29) is 21.7 Å². The maximum Gasteiger partial charge on any atom is 0.272 e. The summed E-state index contributed by atoms with van der Waals surface area (Å²) >= 11 is 3.92. The number of nitro benzene ring substituents is 1. The van der Waals surface area contributed by atoms with Gasteiger partial charge in [0.2, 0.25) is 0 Å². The van der Waals surface area contributed by atoms with Crippen LogP contribution in [0.2, 0.25) is 0 Å². The van der Waals surface area contributed by atoms with Gasteiger partial charge >= 0.3 is 0 Å². The Morgan fingerprint density at radius 1 is 1.29 bits per heavy atom. The molecule has 0 aromatic heterocycles. The van der Waals surface area contributed by atoms with Crippen molar-refractivity contribution >= 4 is 18.3 Å². The fourth-order valence-electron chi connectivity index (χ4n) is 0.895. The van der Waals surface area contributed by atoms with Crippen LogP contribution in [0, 0.1) is 32.8 Å². The summed E-state index contributed by atoms with van der Waals surface area (Å²) in [7, 11) is 0. The predicted molar refractivity (Wildman–Crippen MR) is 49.8 cm³/mol. The van der Waals surface area contributed by atoms with Crippen molar-refractivity contribution in [1.82, 2.24) is 0 Å². The van der Waals surface area contributed by atoms with E-state index in [1.165, 1.54) is 0 Å². The number of thiol groups is 1. The molecule has 1 aromatic carbocycles. The smallest absolute Gasteiger partial charge is 0.258 e. The minimum Gasteiger partial charge on any atom is -0.258 e. The molecule has 0 atom stereocenters. The van der Waals surface area contributed by atoms with Crippen molar-refractivity contribution < 1.29 is 4.92 Å². The molecule has 0 radical (unpaired) electrons. The van der Waals surface area contributed by atoms with E-state index >= 15 is 0 Å². The van der Waals surface area contributed by atoms with Crippen molar-refractivity contribution in [3.05, 3.63) is 33.4 Å². The monoisotopic (exact) mass is 205 g/mol. The van der Waals surface area contributed by atoms with E-state index in [2.05, 4.69) is 12.6 Å². The molecule has 68 valence electrons. The van der Waals surface area contributed by atoms with Gasteiger partial charge in [-0.1, -0.05) is 0 Å². The van der Waals surface area contributed by atoms with Gasteiger partial charge in [-0.05, 0) is 0 Å². The Kier molecular flexibility index (Phi) is 2.70. The molecule has 14 heavy (non-hydrogen) atoms. The minimum absolute atomic E-state index is 0.0269. The Morgan fingerprint density at radius 2 is 1.71 bits per heavy atom. The third-order valence-corrected chi connectivity index (χ3v) is 2.03. The van der Waals surface area contributed by atoms with Gasteiger partial charge in [0.1, 0.15) is 12.1 Å². The highest BCUT2D eigenvalue weighted by Gasteiger charge is 2.13. The van der Waals surface area contributed by atoms with Gasteiger partial charge in [0.15, 0.2) is 0 Å². The molecule has 1 aromatic rings. The lowest BCUT2D eigenvalue weighted by atomic mass is 10.1. The lowest BCUT2D eigenvalue weighted by Crippen LogP contribution is -1.92. The molecular weight excluding hydrogens is 202 g/mol. The van der Waals surface area contributed by atoms with E-state index in [1.807, 2.05) is 0 Å². The van der Waals surface area contributed by atoms with Crippen molar-refractivity contribution in [3.63, 3.8) is 0 Å². The second-order valence-electron chi connectivity index (χ2n) is 2.37. The summed E-state index contributed by atoms with van der Waals surface area (Å²) in [4.78, 5) is 9.92. The zero-order valence-electron chi connectivity index (χ0n) is 6.76. The number of nitriles is 2. The third kappa shape index (κ3) is 1.65. The van der Waals surface area contributed by atoms with E-state index in [4.69, 9.17) is 10.5 Å². The topological polar surface area (TPSA) is 90.7 Å². The van der Waals surface area contributed by atoms with Crippen LogP contribution in [0.15, 0.2) is 17.0 Å². The molecule has 0 unspecified atom stereocenters. The van der Waals surface area contributed by atoms with Crippen LogP contribution < -0.4 is 0 Å². The van der Waals surface area contributed by atoms with Gasteiger partial charge in [0.05, 0.1) is 16.1 Å². The summed E-state index contributed by atoms with van der Waals surface area (Å²) < 4.78 is 0. The van der Waals surface area contributed by atoms with E-state index in [0.717, 1.165) is 12.1 Å². The van der Waals surface area contributed by atoms with Gasteiger partial charge in [-0.15, -0.1) is 12.6 Å². The highest BCUT2D eigenvalue weighted by Crippen LogP contribution is 2.24. The molecule has 0 aliphatic heterocycles. The number of non-ortho nitro benzene ring substituents is 1. The lowest BCUT2D eigenvalue weighted by molar-refractivity contribution is -0.384. The van der Waals surface area contributed by atoms with Crippen molar-refractivity contribution in [1.29, 1.82) is 10.5 Å². The van der Waals surface area contributed by atoms with E-state index in [0.29, 0.717) is 0 Å². The first-order chi connectivity index (χ1) is 6.60. The lowest BCUT2D eigenvalue weighted by Gasteiger charge is -1.98. The van der Waals surface area contributed by atoms with Crippen molar-refractivity contribution in [2.24, 2.45) is 0 Å². The number of rotatable bonds is 1. The average Bonchev–Trinajstić information content (AvgIpc) is 2.17. The van der Waals surface area contributed by atoms with E-state index < -0.39 is 4.92 Å². The minimum atomic E-state index is -0.658. The van der Waals surface area contributed by atoms with Gasteiger partial charge in [0.25, 0.3) is 5.69 Å². The second-order valence-corrected chi connectivity index (χ2v) is 2.82. The molecule has 5 nitrogen and oxygen atoms in total. The summed E-state index contributed by atoms with van der Waals surface area (Å²) in [5.74, 6) is 0. The Balaban J connectivity index is 3.51. The molecule has 0 heterocycles. The van der Waals surface area contributed by atoms with Gasteiger partial charge in [0, 0.05) is 17.0 Å². The van der Waals surface area contributed by atoms with E-state index in [1.54, 1.807) is 12.1 Å². The molecule has 0 aliphatic rings. The Morgan fingerprint density at radius 3 is 2.00 bits per heavy atom. The van der Waals surface area contributed by atoms with Gasteiger partial charge in [-0.2, -0.15) is 10.5 Å². The van der Waals surface area contributed by atoms with Gasteiger partial charge in [-0.3, -0.25) is 10.1 Å². The standard InChI is InChI=1S/C8H3N3O2S/c9-3-5-1-7(11(12)13)2-6(4-10)8(5)14/h1-2,14H. The highest BCUT2D eigenvalue weighted by atomic mass is 32.1. The quantitative estimate of drug-likeness (QED) is 0.428. The maximum absolute atomic E-state index is 10.4. The molecule has 0 spiro atoms. The molecular formula is C8H3N3O2S.